The summed E-state index contributed by atoms with van der Waals surface area (Å²) in [5.41, 5.74) is 1.70. The van der Waals surface area contributed by atoms with Crippen LogP contribution in [0.1, 0.15) is 24.7 Å². The molecule has 172 valence electrons. The fourth-order valence-corrected chi connectivity index (χ4v) is 5.09. The molecule has 0 amide bonds. The van der Waals surface area contributed by atoms with E-state index in [9.17, 15) is 4.79 Å². The number of imidazole rings is 1. The van der Waals surface area contributed by atoms with Gasteiger partial charge >= 0.3 is 0 Å². The van der Waals surface area contributed by atoms with Gasteiger partial charge in [0.1, 0.15) is 17.4 Å². The molecule has 6 rings (SSSR count). The number of hydrogen-bond acceptors (Lipinski definition) is 8. The molecule has 2 saturated heterocycles. The molecule has 0 aromatic carbocycles. The van der Waals surface area contributed by atoms with Crippen LogP contribution in [0.15, 0.2) is 29.7 Å². The fourth-order valence-electron chi connectivity index (χ4n) is 4.87. The Morgan fingerprint density at radius 3 is 2.91 bits per heavy atom. The Morgan fingerprint density at radius 2 is 2.03 bits per heavy atom. The standard InChI is InChI=1S/C21H24ClN9O2/c22-14-3-5-31-17(14)21(32)30(7-6-28-8-10-33-11-9-28)19(27-31)15-2-1-4-29(15)20-16-18(24-12-23-16)25-13-26-20/h3,5,12-13,15H,1-2,4,6-11H2,(H,23,24,25,26)/t15-/m0/s1. The Kier molecular flexibility index (Phi) is 5.24. The van der Waals surface area contributed by atoms with Gasteiger partial charge < -0.3 is 14.6 Å². The Hall–Kier alpha value is -3.02. The molecule has 12 heteroatoms. The number of nitrogens with zero attached hydrogens (tertiary/aromatic N) is 8. The molecule has 0 saturated carbocycles. The maximum atomic E-state index is 13.6. The Labute approximate surface area is 194 Å². The van der Waals surface area contributed by atoms with Crippen LogP contribution in [0.3, 0.4) is 0 Å². The number of rotatable bonds is 5. The maximum Gasteiger partial charge on any atom is 0.279 e. The second-order valence-electron chi connectivity index (χ2n) is 8.38. The monoisotopic (exact) mass is 469 g/mol. The number of aromatic amines is 1. The SMILES string of the molecule is O=c1c2c(Cl)ccn2nc([C@@H]2CCCN2c2ncnc3nc[nH]c23)n1CCN1CCOCC1. The van der Waals surface area contributed by atoms with Gasteiger partial charge in [-0.1, -0.05) is 11.6 Å². The molecule has 0 spiro atoms. The lowest BCUT2D eigenvalue weighted by Gasteiger charge is -2.29. The van der Waals surface area contributed by atoms with Crippen molar-refractivity contribution in [3.63, 3.8) is 0 Å². The number of anilines is 1. The van der Waals surface area contributed by atoms with Gasteiger partial charge in [-0.3, -0.25) is 14.3 Å². The highest BCUT2D eigenvalue weighted by Crippen LogP contribution is 2.36. The first-order valence-electron chi connectivity index (χ1n) is 11.2. The number of halogens is 1. The molecule has 4 aromatic heterocycles. The number of aromatic nitrogens is 7. The average molecular weight is 470 g/mol. The molecule has 2 aliphatic rings. The molecule has 0 unspecified atom stereocenters. The summed E-state index contributed by atoms with van der Waals surface area (Å²) in [4.78, 5) is 34.3. The van der Waals surface area contributed by atoms with Crippen LogP contribution in [0.4, 0.5) is 5.82 Å². The number of nitrogens with one attached hydrogen (secondary N) is 1. The van der Waals surface area contributed by atoms with E-state index in [-0.39, 0.29) is 11.6 Å². The van der Waals surface area contributed by atoms with Crippen molar-refractivity contribution in [1.29, 1.82) is 0 Å². The molecule has 2 aliphatic heterocycles. The summed E-state index contributed by atoms with van der Waals surface area (Å²) in [5, 5.41) is 5.30. The lowest BCUT2D eigenvalue weighted by atomic mass is 10.2. The van der Waals surface area contributed by atoms with E-state index in [0.29, 0.717) is 35.9 Å². The molecule has 11 nitrogen and oxygen atoms in total. The van der Waals surface area contributed by atoms with Gasteiger partial charge in [0.2, 0.25) is 0 Å². The van der Waals surface area contributed by atoms with E-state index in [1.807, 2.05) is 0 Å². The van der Waals surface area contributed by atoms with Crippen LogP contribution >= 0.6 is 11.6 Å². The normalized spacial score (nSPS) is 19.8. The van der Waals surface area contributed by atoms with Crippen molar-refractivity contribution < 1.29 is 4.74 Å². The summed E-state index contributed by atoms with van der Waals surface area (Å²) in [6.07, 6.45) is 6.73. The first-order valence-corrected chi connectivity index (χ1v) is 11.6. The van der Waals surface area contributed by atoms with Crippen LogP contribution in [0.25, 0.3) is 16.7 Å². The number of fused-ring (bicyclic) bond motifs is 2. The molecule has 33 heavy (non-hydrogen) atoms. The zero-order valence-electron chi connectivity index (χ0n) is 18.0. The van der Waals surface area contributed by atoms with Crippen LogP contribution < -0.4 is 10.5 Å². The molecule has 0 radical (unpaired) electrons. The van der Waals surface area contributed by atoms with Crippen molar-refractivity contribution in [2.75, 3.05) is 44.3 Å². The van der Waals surface area contributed by atoms with Gasteiger partial charge in [0, 0.05) is 38.9 Å². The van der Waals surface area contributed by atoms with Crippen molar-refractivity contribution in [3.05, 3.63) is 46.1 Å². The third kappa shape index (κ3) is 3.56. The molecule has 6 heterocycles. The highest BCUT2D eigenvalue weighted by Gasteiger charge is 2.33. The predicted octanol–water partition coefficient (Wildman–Crippen LogP) is 1.49. The third-order valence-electron chi connectivity index (χ3n) is 6.52. The molecule has 0 aliphatic carbocycles. The lowest BCUT2D eigenvalue weighted by molar-refractivity contribution is 0.0361. The van der Waals surface area contributed by atoms with E-state index < -0.39 is 0 Å². The van der Waals surface area contributed by atoms with E-state index in [0.717, 1.165) is 56.2 Å². The summed E-state index contributed by atoms with van der Waals surface area (Å²) < 4.78 is 8.87. The Balaban J connectivity index is 1.43. The first-order chi connectivity index (χ1) is 16.2. The molecular formula is C21H24ClN9O2. The number of ether oxygens (including phenoxy) is 1. The summed E-state index contributed by atoms with van der Waals surface area (Å²) in [5.74, 6) is 1.50. The Bertz CT molecular complexity index is 1360. The first kappa shape index (κ1) is 20.6. The minimum atomic E-state index is -0.121. The summed E-state index contributed by atoms with van der Waals surface area (Å²) in [7, 11) is 0. The van der Waals surface area contributed by atoms with Gasteiger partial charge in [-0.05, 0) is 18.9 Å². The van der Waals surface area contributed by atoms with E-state index >= 15 is 0 Å². The molecular weight excluding hydrogens is 446 g/mol. The second kappa shape index (κ2) is 8.40. The highest BCUT2D eigenvalue weighted by molar-refractivity contribution is 6.33. The molecule has 4 aromatic rings. The summed E-state index contributed by atoms with van der Waals surface area (Å²) in [6, 6.07) is 1.61. The summed E-state index contributed by atoms with van der Waals surface area (Å²) in [6.45, 7) is 5.24. The van der Waals surface area contributed by atoms with Gasteiger partial charge in [-0.25, -0.2) is 19.5 Å². The van der Waals surface area contributed by atoms with E-state index in [4.69, 9.17) is 21.4 Å². The Morgan fingerprint density at radius 1 is 1.15 bits per heavy atom. The topological polar surface area (TPSA) is 109 Å². The van der Waals surface area contributed by atoms with Crippen LogP contribution in [-0.4, -0.2) is 78.4 Å². The smallest absolute Gasteiger partial charge is 0.279 e. The van der Waals surface area contributed by atoms with Crippen molar-refractivity contribution >= 4 is 34.1 Å². The number of hydrogen-bond donors (Lipinski definition) is 1. The van der Waals surface area contributed by atoms with Crippen LogP contribution in [0.5, 0.6) is 0 Å². The van der Waals surface area contributed by atoms with Gasteiger partial charge in [0.05, 0.1) is 30.6 Å². The zero-order chi connectivity index (χ0) is 22.4. The largest absolute Gasteiger partial charge is 0.379 e. The lowest BCUT2D eigenvalue weighted by Crippen LogP contribution is -2.41. The van der Waals surface area contributed by atoms with Crippen molar-refractivity contribution in [3.8, 4) is 0 Å². The van der Waals surface area contributed by atoms with Crippen LogP contribution in [0, 0.1) is 0 Å². The van der Waals surface area contributed by atoms with Gasteiger partial charge in [0.25, 0.3) is 5.56 Å². The van der Waals surface area contributed by atoms with Crippen molar-refractivity contribution in [1.82, 2.24) is 39.0 Å². The molecule has 2 fully saturated rings. The van der Waals surface area contributed by atoms with Gasteiger partial charge in [-0.15, -0.1) is 0 Å². The maximum absolute atomic E-state index is 13.6. The van der Waals surface area contributed by atoms with E-state index in [2.05, 4.69) is 29.7 Å². The third-order valence-corrected chi connectivity index (χ3v) is 6.83. The molecule has 0 bridgehead atoms. The average Bonchev–Trinajstić information content (AvgIpc) is 3.58. The van der Waals surface area contributed by atoms with E-state index in [1.54, 1.807) is 27.7 Å². The van der Waals surface area contributed by atoms with Crippen molar-refractivity contribution in [2.45, 2.75) is 25.4 Å². The predicted molar refractivity (Wildman–Crippen MR) is 123 cm³/mol. The van der Waals surface area contributed by atoms with Crippen molar-refractivity contribution in [2.24, 2.45) is 0 Å². The second-order valence-corrected chi connectivity index (χ2v) is 8.78. The molecule has 1 N–H and O–H groups in total. The quantitative estimate of drug-likeness (QED) is 0.468. The summed E-state index contributed by atoms with van der Waals surface area (Å²) >= 11 is 6.35. The zero-order valence-corrected chi connectivity index (χ0v) is 18.8. The number of H-pyrrole nitrogens is 1. The van der Waals surface area contributed by atoms with Crippen LogP contribution in [0.2, 0.25) is 5.02 Å². The van der Waals surface area contributed by atoms with Gasteiger partial charge in [0.15, 0.2) is 17.3 Å². The minimum Gasteiger partial charge on any atom is -0.379 e. The van der Waals surface area contributed by atoms with Gasteiger partial charge in [-0.2, -0.15) is 5.10 Å². The molecule has 1 atom stereocenters. The highest BCUT2D eigenvalue weighted by atomic mass is 35.5. The minimum absolute atomic E-state index is 0.102. The van der Waals surface area contributed by atoms with E-state index in [1.165, 1.54) is 6.33 Å². The number of morpholine rings is 1. The van der Waals surface area contributed by atoms with Crippen LogP contribution in [-0.2, 0) is 11.3 Å². The fraction of sp³-hybridized carbons (Fsp3) is 0.476.